The Balaban J connectivity index is 1.68. The van der Waals surface area contributed by atoms with E-state index in [1.54, 1.807) is 0 Å². The molecule has 3 fully saturated rings. The van der Waals surface area contributed by atoms with Gasteiger partial charge in [0.1, 0.15) is 0 Å². The molecule has 0 aromatic carbocycles. The summed E-state index contributed by atoms with van der Waals surface area (Å²) in [6, 6.07) is 0. The first-order valence-electron chi connectivity index (χ1n) is 12.6. The van der Waals surface area contributed by atoms with Crippen molar-refractivity contribution in [3.05, 3.63) is 31.5 Å². The van der Waals surface area contributed by atoms with Crippen molar-refractivity contribution in [3.8, 4) is 0 Å². The largest absolute Gasteiger partial charge is 0.336 e. The van der Waals surface area contributed by atoms with Gasteiger partial charge in [0.2, 0.25) is 0 Å². The van der Waals surface area contributed by atoms with Crippen LogP contribution >= 0.6 is 0 Å². The van der Waals surface area contributed by atoms with E-state index in [1.807, 2.05) is 0 Å². The Morgan fingerprint density at radius 2 is 0.667 bits per heavy atom. The van der Waals surface area contributed by atoms with E-state index in [9.17, 15) is 14.4 Å². The van der Waals surface area contributed by atoms with E-state index in [1.165, 1.54) is 71.5 Å². The van der Waals surface area contributed by atoms with Crippen molar-refractivity contribution in [2.75, 3.05) is 0 Å². The van der Waals surface area contributed by atoms with Crippen LogP contribution in [0, 0.1) is 17.8 Å². The third-order valence-corrected chi connectivity index (χ3v) is 7.88. The maximum absolute atomic E-state index is 13.3. The molecule has 0 bridgehead atoms. The van der Waals surface area contributed by atoms with Crippen LogP contribution in [0.1, 0.15) is 96.3 Å². The first-order chi connectivity index (χ1) is 14.6. The summed E-state index contributed by atoms with van der Waals surface area (Å²) in [7, 11) is 0. The van der Waals surface area contributed by atoms with Gasteiger partial charge < -0.3 is 0 Å². The molecule has 3 aliphatic rings. The van der Waals surface area contributed by atoms with Crippen LogP contribution in [0.4, 0.5) is 0 Å². The third-order valence-electron chi connectivity index (χ3n) is 7.88. The zero-order chi connectivity index (χ0) is 20.9. The molecule has 0 aliphatic heterocycles. The Morgan fingerprint density at radius 1 is 0.433 bits per heavy atom. The van der Waals surface area contributed by atoms with Crippen LogP contribution in [0.15, 0.2) is 14.4 Å². The van der Waals surface area contributed by atoms with Crippen molar-refractivity contribution in [2.45, 2.75) is 116 Å². The van der Waals surface area contributed by atoms with Crippen LogP contribution in [0.2, 0.25) is 0 Å². The lowest BCUT2D eigenvalue weighted by molar-refractivity contribution is 0.260. The number of nitrogens with zero attached hydrogens (tertiary/aromatic N) is 3. The molecule has 0 spiro atoms. The first-order valence-corrected chi connectivity index (χ1v) is 12.6. The molecule has 6 nitrogen and oxygen atoms in total. The fourth-order valence-corrected chi connectivity index (χ4v) is 6.03. The van der Waals surface area contributed by atoms with Crippen molar-refractivity contribution < 1.29 is 0 Å². The summed E-state index contributed by atoms with van der Waals surface area (Å²) in [5, 5.41) is 0. The minimum atomic E-state index is -0.360. The topological polar surface area (TPSA) is 66.0 Å². The van der Waals surface area contributed by atoms with Gasteiger partial charge in [-0.15, -0.1) is 0 Å². The average Bonchev–Trinajstić information content (AvgIpc) is 2.79. The Labute approximate surface area is 179 Å². The van der Waals surface area contributed by atoms with Crippen LogP contribution in [0.25, 0.3) is 0 Å². The Morgan fingerprint density at radius 3 is 0.900 bits per heavy atom. The quantitative estimate of drug-likeness (QED) is 0.705. The molecule has 30 heavy (non-hydrogen) atoms. The number of hydrogen-bond acceptors (Lipinski definition) is 3. The van der Waals surface area contributed by atoms with E-state index in [0.717, 1.165) is 38.5 Å². The van der Waals surface area contributed by atoms with Gasteiger partial charge in [-0.05, 0) is 56.3 Å². The molecule has 168 valence electrons. The molecule has 0 saturated heterocycles. The number of rotatable bonds is 6. The highest BCUT2D eigenvalue weighted by molar-refractivity contribution is 4.84. The van der Waals surface area contributed by atoms with E-state index < -0.39 is 0 Å². The van der Waals surface area contributed by atoms with Gasteiger partial charge in [0, 0.05) is 19.6 Å². The molecule has 1 aromatic heterocycles. The predicted octanol–water partition coefficient (Wildman–Crippen LogP) is 3.91. The van der Waals surface area contributed by atoms with Gasteiger partial charge in [0.15, 0.2) is 0 Å². The molecular formula is C24H39N3O3. The minimum Gasteiger partial charge on any atom is -0.247 e. The van der Waals surface area contributed by atoms with E-state index in [4.69, 9.17) is 0 Å². The zero-order valence-electron chi connectivity index (χ0n) is 18.5. The molecule has 0 radical (unpaired) electrons. The molecule has 0 atom stereocenters. The second-order valence-electron chi connectivity index (χ2n) is 10.2. The zero-order valence-corrected chi connectivity index (χ0v) is 18.5. The van der Waals surface area contributed by atoms with Crippen LogP contribution in [0.5, 0.6) is 0 Å². The maximum atomic E-state index is 13.3. The maximum Gasteiger partial charge on any atom is 0.336 e. The van der Waals surface area contributed by atoms with Crippen LogP contribution in [-0.4, -0.2) is 13.7 Å². The summed E-state index contributed by atoms with van der Waals surface area (Å²) in [5.41, 5.74) is -1.08. The van der Waals surface area contributed by atoms with Gasteiger partial charge in [-0.3, -0.25) is 0 Å². The smallest absolute Gasteiger partial charge is 0.247 e. The third kappa shape index (κ3) is 5.00. The summed E-state index contributed by atoms with van der Waals surface area (Å²) in [5.74, 6) is 1.15. The number of aromatic nitrogens is 3. The highest BCUT2D eigenvalue weighted by atomic mass is 16.2. The second-order valence-corrected chi connectivity index (χ2v) is 10.2. The molecule has 1 aromatic rings. The van der Waals surface area contributed by atoms with E-state index in [2.05, 4.69) is 0 Å². The molecule has 1 heterocycles. The Hall–Kier alpha value is -1.59. The van der Waals surface area contributed by atoms with Crippen LogP contribution in [-0.2, 0) is 19.6 Å². The van der Waals surface area contributed by atoms with Crippen LogP contribution in [0.3, 0.4) is 0 Å². The summed E-state index contributed by atoms with van der Waals surface area (Å²) < 4.78 is 4.26. The summed E-state index contributed by atoms with van der Waals surface area (Å²) in [6.45, 7) is 1.44. The molecule has 0 amide bonds. The van der Waals surface area contributed by atoms with Gasteiger partial charge in [-0.1, -0.05) is 57.8 Å². The monoisotopic (exact) mass is 417 g/mol. The second kappa shape index (κ2) is 10.1. The van der Waals surface area contributed by atoms with Crippen molar-refractivity contribution >= 4 is 0 Å². The lowest BCUT2D eigenvalue weighted by Gasteiger charge is -2.26. The standard InChI is InChI=1S/C24H39N3O3/c28-22-25(16-19-10-4-1-5-11-19)23(29)27(18-21-14-8-3-9-15-21)24(30)26(22)17-20-12-6-2-7-13-20/h19-21H,1-18H2. The van der Waals surface area contributed by atoms with Crippen LogP contribution < -0.4 is 17.1 Å². The van der Waals surface area contributed by atoms with Crippen molar-refractivity contribution in [1.29, 1.82) is 0 Å². The first kappa shape index (κ1) is 21.6. The normalized spacial score (nSPS) is 22.4. The van der Waals surface area contributed by atoms with Crippen molar-refractivity contribution in [1.82, 2.24) is 13.7 Å². The minimum absolute atomic E-state index is 0.360. The van der Waals surface area contributed by atoms with E-state index in [0.29, 0.717) is 37.4 Å². The van der Waals surface area contributed by atoms with Gasteiger partial charge in [0.25, 0.3) is 0 Å². The molecular weight excluding hydrogens is 378 g/mol. The fourth-order valence-electron chi connectivity index (χ4n) is 6.03. The highest BCUT2D eigenvalue weighted by Crippen LogP contribution is 2.26. The van der Waals surface area contributed by atoms with E-state index in [-0.39, 0.29) is 17.1 Å². The summed E-state index contributed by atoms with van der Waals surface area (Å²) in [6.07, 6.45) is 17.3. The average molecular weight is 418 g/mol. The highest BCUT2D eigenvalue weighted by Gasteiger charge is 2.24. The van der Waals surface area contributed by atoms with Crippen molar-refractivity contribution in [2.24, 2.45) is 17.8 Å². The Bertz CT molecular complexity index is 719. The summed E-state index contributed by atoms with van der Waals surface area (Å²) >= 11 is 0. The molecule has 3 aliphatic carbocycles. The lowest BCUT2D eigenvalue weighted by Crippen LogP contribution is -2.56. The Kier molecular flexibility index (Phi) is 7.32. The van der Waals surface area contributed by atoms with Gasteiger partial charge in [0.05, 0.1) is 0 Å². The lowest BCUT2D eigenvalue weighted by atomic mass is 9.89. The van der Waals surface area contributed by atoms with Crippen molar-refractivity contribution in [3.63, 3.8) is 0 Å². The van der Waals surface area contributed by atoms with Gasteiger partial charge in [-0.2, -0.15) is 0 Å². The molecule has 0 unspecified atom stereocenters. The van der Waals surface area contributed by atoms with Gasteiger partial charge in [-0.25, -0.2) is 28.1 Å². The fraction of sp³-hybridized carbons (Fsp3) is 0.875. The summed E-state index contributed by atoms with van der Waals surface area (Å²) in [4.78, 5) is 39.9. The number of hydrogen-bond donors (Lipinski definition) is 0. The van der Waals surface area contributed by atoms with Gasteiger partial charge >= 0.3 is 17.1 Å². The molecule has 4 rings (SSSR count). The molecule has 6 heteroatoms. The van der Waals surface area contributed by atoms with E-state index >= 15 is 0 Å². The predicted molar refractivity (Wildman–Crippen MR) is 119 cm³/mol. The molecule has 3 saturated carbocycles. The molecule has 0 N–H and O–H groups in total. The SMILES string of the molecule is O=c1n(CC2CCCCC2)c(=O)n(CC2CCCCC2)c(=O)n1CC1CCCCC1.